The van der Waals surface area contributed by atoms with Crippen LogP contribution in [0.15, 0.2) is 78.9 Å². The van der Waals surface area contributed by atoms with Crippen LogP contribution in [0.1, 0.15) is 32.6 Å². The van der Waals surface area contributed by atoms with Crippen LogP contribution < -0.4 is 5.32 Å². The largest absolute Gasteiger partial charge is 0.479 e. The van der Waals surface area contributed by atoms with Gasteiger partial charge in [0.05, 0.1) is 0 Å². The molecule has 1 aliphatic carbocycles. The molecule has 4 rings (SSSR count). The topological polar surface area (TPSA) is 92.7 Å². The standard InChI is InChI=1S/C25H21NO5/c27-22(18-9-5-2-6-10-18)19-11-12-20-14-25(23(28)29,15-21(20)13-19)26-24(30)31-16-17-7-3-1-4-8-17/h1-13H,14-16H2,(H,26,30)(H,28,29). The zero-order valence-corrected chi connectivity index (χ0v) is 16.7. The summed E-state index contributed by atoms with van der Waals surface area (Å²) in [6.07, 6.45) is -0.592. The molecule has 3 aromatic carbocycles. The van der Waals surface area contributed by atoms with Gasteiger partial charge >= 0.3 is 12.1 Å². The molecule has 0 bridgehead atoms. The van der Waals surface area contributed by atoms with E-state index in [1.54, 1.807) is 42.5 Å². The molecule has 1 amide bonds. The highest BCUT2D eigenvalue weighted by Gasteiger charge is 2.46. The zero-order valence-electron chi connectivity index (χ0n) is 16.7. The van der Waals surface area contributed by atoms with Crippen molar-refractivity contribution in [2.24, 2.45) is 0 Å². The highest BCUT2D eigenvalue weighted by molar-refractivity contribution is 6.09. The smallest absolute Gasteiger partial charge is 0.408 e. The summed E-state index contributed by atoms with van der Waals surface area (Å²) in [7, 11) is 0. The lowest BCUT2D eigenvalue weighted by Crippen LogP contribution is -2.55. The summed E-state index contributed by atoms with van der Waals surface area (Å²) in [6.45, 7) is 0.0467. The Morgan fingerprint density at radius 3 is 2.16 bits per heavy atom. The molecule has 0 saturated carbocycles. The van der Waals surface area contributed by atoms with Crippen LogP contribution in [0.4, 0.5) is 4.79 Å². The summed E-state index contributed by atoms with van der Waals surface area (Å²) in [5.41, 5.74) is 1.86. The van der Waals surface area contributed by atoms with E-state index in [2.05, 4.69) is 5.32 Å². The number of carboxylic acids is 1. The van der Waals surface area contributed by atoms with Gasteiger partial charge in [0.2, 0.25) is 0 Å². The number of hydrogen-bond donors (Lipinski definition) is 2. The number of carbonyl (C=O) groups is 3. The summed E-state index contributed by atoms with van der Waals surface area (Å²) >= 11 is 0. The van der Waals surface area contributed by atoms with E-state index in [1.807, 2.05) is 36.4 Å². The Kier molecular flexibility index (Phi) is 5.54. The second-order valence-electron chi connectivity index (χ2n) is 7.61. The van der Waals surface area contributed by atoms with E-state index in [4.69, 9.17) is 4.74 Å². The molecular formula is C25H21NO5. The first-order valence-corrected chi connectivity index (χ1v) is 9.91. The van der Waals surface area contributed by atoms with E-state index >= 15 is 0 Å². The van der Waals surface area contributed by atoms with Gasteiger partial charge in [0.25, 0.3) is 0 Å². The molecule has 1 aliphatic rings. The molecule has 0 aromatic heterocycles. The van der Waals surface area contributed by atoms with E-state index in [0.717, 1.165) is 16.7 Å². The third-order valence-corrected chi connectivity index (χ3v) is 5.45. The van der Waals surface area contributed by atoms with E-state index < -0.39 is 17.6 Å². The van der Waals surface area contributed by atoms with Crippen molar-refractivity contribution in [2.45, 2.75) is 25.0 Å². The van der Waals surface area contributed by atoms with Crippen molar-refractivity contribution in [2.75, 3.05) is 0 Å². The number of fused-ring (bicyclic) bond motifs is 1. The van der Waals surface area contributed by atoms with Gasteiger partial charge in [-0.15, -0.1) is 0 Å². The van der Waals surface area contributed by atoms with Crippen LogP contribution in [0.5, 0.6) is 0 Å². The second-order valence-corrected chi connectivity index (χ2v) is 7.61. The van der Waals surface area contributed by atoms with Crippen molar-refractivity contribution in [1.29, 1.82) is 0 Å². The van der Waals surface area contributed by atoms with Crippen molar-refractivity contribution >= 4 is 17.8 Å². The minimum absolute atomic E-state index is 0.0467. The van der Waals surface area contributed by atoms with Gasteiger partial charge in [0.1, 0.15) is 12.1 Å². The second kappa shape index (κ2) is 8.44. The molecule has 2 N–H and O–H groups in total. The maximum atomic E-state index is 12.7. The van der Waals surface area contributed by atoms with Gasteiger partial charge in [-0.1, -0.05) is 72.8 Å². The molecule has 0 aliphatic heterocycles. The average molecular weight is 415 g/mol. The zero-order chi connectivity index (χ0) is 21.8. The lowest BCUT2D eigenvalue weighted by Gasteiger charge is -2.25. The monoisotopic (exact) mass is 415 g/mol. The Bertz CT molecular complexity index is 1130. The third-order valence-electron chi connectivity index (χ3n) is 5.45. The van der Waals surface area contributed by atoms with Crippen LogP contribution in [0.25, 0.3) is 0 Å². The maximum absolute atomic E-state index is 12.7. The summed E-state index contributed by atoms with van der Waals surface area (Å²) in [5, 5.41) is 12.4. The minimum atomic E-state index is -1.51. The lowest BCUT2D eigenvalue weighted by molar-refractivity contribution is -0.144. The molecule has 0 fully saturated rings. The number of alkyl carbamates (subject to hydrolysis) is 1. The summed E-state index contributed by atoms with van der Waals surface area (Å²) < 4.78 is 5.22. The molecule has 6 nitrogen and oxygen atoms in total. The molecule has 0 heterocycles. The number of rotatable bonds is 6. The molecular weight excluding hydrogens is 394 g/mol. The molecule has 156 valence electrons. The van der Waals surface area contributed by atoms with E-state index in [1.165, 1.54) is 0 Å². The highest BCUT2D eigenvalue weighted by Crippen LogP contribution is 2.32. The first kappa shape index (κ1) is 20.3. The van der Waals surface area contributed by atoms with Crippen LogP contribution >= 0.6 is 0 Å². The first-order valence-electron chi connectivity index (χ1n) is 9.91. The Labute approximate surface area is 179 Å². The molecule has 1 atom stereocenters. The fourth-order valence-electron chi connectivity index (χ4n) is 3.82. The Morgan fingerprint density at radius 2 is 1.48 bits per heavy atom. The van der Waals surface area contributed by atoms with Crippen molar-refractivity contribution in [1.82, 2.24) is 5.32 Å². The van der Waals surface area contributed by atoms with Gasteiger partial charge in [0.15, 0.2) is 5.78 Å². The Balaban J connectivity index is 1.49. The number of ether oxygens (including phenoxy) is 1. The van der Waals surface area contributed by atoms with Crippen LogP contribution in [0, 0.1) is 0 Å². The van der Waals surface area contributed by atoms with Gasteiger partial charge in [-0.25, -0.2) is 9.59 Å². The van der Waals surface area contributed by atoms with Gasteiger partial charge in [-0.05, 0) is 22.8 Å². The molecule has 0 spiro atoms. The predicted molar refractivity (Wildman–Crippen MR) is 114 cm³/mol. The van der Waals surface area contributed by atoms with E-state index in [9.17, 15) is 19.5 Å². The number of aliphatic carboxylic acids is 1. The van der Waals surface area contributed by atoms with Gasteiger partial charge < -0.3 is 15.2 Å². The number of amides is 1. The third kappa shape index (κ3) is 4.33. The molecule has 31 heavy (non-hydrogen) atoms. The maximum Gasteiger partial charge on any atom is 0.408 e. The highest BCUT2D eigenvalue weighted by atomic mass is 16.5. The van der Waals surface area contributed by atoms with Crippen LogP contribution in [0.3, 0.4) is 0 Å². The fourth-order valence-corrected chi connectivity index (χ4v) is 3.82. The summed E-state index contributed by atoms with van der Waals surface area (Å²) in [6, 6.07) is 23.2. The van der Waals surface area contributed by atoms with Gasteiger partial charge in [-0.3, -0.25) is 4.79 Å². The lowest BCUT2D eigenvalue weighted by atomic mass is 9.96. The van der Waals surface area contributed by atoms with E-state index in [0.29, 0.717) is 11.1 Å². The van der Waals surface area contributed by atoms with Gasteiger partial charge in [-0.2, -0.15) is 0 Å². The number of carbonyl (C=O) groups excluding carboxylic acids is 2. The SMILES string of the molecule is O=C(NC1(C(=O)O)Cc2ccc(C(=O)c3ccccc3)cc2C1)OCc1ccccc1. The quantitative estimate of drug-likeness (QED) is 0.598. The predicted octanol–water partition coefficient (Wildman–Crippen LogP) is 3.77. The number of nitrogens with one attached hydrogen (secondary N) is 1. The van der Waals surface area contributed by atoms with Gasteiger partial charge in [0, 0.05) is 24.0 Å². The molecule has 1 unspecified atom stereocenters. The average Bonchev–Trinajstić information content (AvgIpc) is 3.17. The minimum Gasteiger partial charge on any atom is -0.479 e. The van der Waals surface area contributed by atoms with Crippen LogP contribution in [-0.2, 0) is 29.0 Å². The van der Waals surface area contributed by atoms with Crippen molar-refractivity contribution in [3.63, 3.8) is 0 Å². The number of benzene rings is 3. The molecule has 3 aromatic rings. The van der Waals surface area contributed by atoms with Crippen LogP contribution in [0.2, 0.25) is 0 Å². The number of hydrogen-bond acceptors (Lipinski definition) is 4. The molecule has 0 saturated heterocycles. The number of carboxylic acid groups (broad SMARTS) is 1. The fraction of sp³-hybridized carbons (Fsp3) is 0.160. The Hall–Kier alpha value is -3.93. The van der Waals surface area contributed by atoms with Crippen molar-refractivity contribution in [3.8, 4) is 0 Å². The first-order chi connectivity index (χ1) is 15.0. The molecule has 0 radical (unpaired) electrons. The van der Waals surface area contributed by atoms with Crippen molar-refractivity contribution in [3.05, 3.63) is 107 Å². The van der Waals surface area contributed by atoms with Crippen molar-refractivity contribution < 1.29 is 24.2 Å². The summed E-state index contributed by atoms with van der Waals surface area (Å²) in [5.74, 6) is -1.28. The Morgan fingerprint density at radius 1 is 0.839 bits per heavy atom. The number of ketones is 1. The normalized spacial score (nSPS) is 16.9. The van der Waals surface area contributed by atoms with Crippen LogP contribution in [-0.4, -0.2) is 28.5 Å². The summed E-state index contributed by atoms with van der Waals surface area (Å²) in [4.78, 5) is 37.2. The van der Waals surface area contributed by atoms with E-state index in [-0.39, 0.29) is 25.2 Å². The molecule has 6 heteroatoms.